The maximum absolute atomic E-state index is 12.4. The van der Waals surface area contributed by atoms with Crippen molar-refractivity contribution in [1.29, 1.82) is 0 Å². The van der Waals surface area contributed by atoms with Crippen LogP contribution >= 0.6 is 0 Å². The van der Waals surface area contributed by atoms with Crippen LogP contribution < -0.4 is 10.5 Å². The van der Waals surface area contributed by atoms with Gasteiger partial charge in [0.1, 0.15) is 0 Å². The highest BCUT2D eigenvalue weighted by molar-refractivity contribution is 5.43. The second-order valence-corrected chi connectivity index (χ2v) is 2.33. The molecule has 6 heteroatoms. The van der Waals surface area contributed by atoms with E-state index < -0.39 is 31.2 Å². The van der Waals surface area contributed by atoms with Gasteiger partial charge in [-0.15, -0.1) is 0 Å². The lowest BCUT2D eigenvalue weighted by Gasteiger charge is -2.09. The summed E-state index contributed by atoms with van der Waals surface area (Å²) < 4.78 is 76.5. The van der Waals surface area contributed by atoms with Gasteiger partial charge < -0.3 is 10.5 Å². The van der Waals surface area contributed by atoms with Crippen molar-refractivity contribution in [2.45, 2.75) is 13.0 Å². The van der Waals surface area contributed by atoms with E-state index in [2.05, 4.69) is 9.72 Å². The molecule has 0 bridgehead atoms. The van der Waals surface area contributed by atoms with Crippen molar-refractivity contribution in [1.82, 2.24) is 4.98 Å². The fourth-order valence-electron chi connectivity index (χ4n) is 0.775. The number of rotatable bonds is 2. The van der Waals surface area contributed by atoms with Gasteiger partial charge in [-0.2, -0.15) is 13.2 Å². The topological polar surface area (TPSA) is 48.1 Å². The van der Waals surface area contributed by atoms with Crippen LogP contribution in [0, 0.1) is 0 Å². The third-order valence-electron chi connectivity index (χ3n) is 1.27. The summed E-state index contributed by atoms with van der Waals surface area (Å²) in [5.41, 5.74) is 3.43. The number of hydrogen-bond acceptors (Lipinski definition) is 3. The van der Waals surface area contributed by atoms with Crippen LogP contribution in [-0.2, 0) is 6.18 Å². The Morgan fingerprint density at radius 1 is 1.64 bits per heavy atom. The van der Waals surface area contributed by atoms with Crippen molar-refractivity contribution in [2.75, 3.05) is 12.3 Å². The maximum atomic E-state index is 12.4. The first-order valence-electron chi connectivity index (χ1n) is 5.87. The molecular formula is C8H9F3N2O. The Balaban J connectivity index is 3.13. The molecule has 14 heavy (non-hydrogen) atoms. The van der Waals surface area contributed by atoms with Crippen molar-refractivity contribution in [2.24, 2.45) is 0 Å². The highest BCUT2D eigenvalue weighted by Crippen LogP contribution is 2.30. The Morgan fingerprint density at radius 3 is 2.93 bits per heavy atom. The number of hydrogen-bond donors (Lipinski definition) is 1. The van der Waals surface area contributed by atoms with Gasteiger partial charge in [-0.1, -0.05) is 0 Å². The molecule has 1 aromatic rings. The molecule has 0 radical (unpaired) electrons. The van der Waals surface area contributed by atoms with Gasteiger partial charge in [0, 0.05) is 15.9 Å². The zero-order chi connectivity index (χ0) is 15.1. The van der Waals surface area contributed by atoms with Crippen molar-refractivity contribution in [3.8, 4) is 5.88 Å². The van der Waals surface area contributed by atoms with Crippen LogP contribution in [-0.4, -0.2) is 11.5 Å². The Kier molecular flexibility index (Phi) is 1.45. The predicted molar refractivity (Wildman–Crippen MR) is 44.8 cm³/mol. The van der Waals surface area contributed by atoms with E-state index in [1.54, 1.807) is 0 Å². The van der Waals surface area contributed by atoms with Crippen molar-refractivity contribution in [3.05, 3.63) is 17.8 Å². The largest absolute Gasteiger partial charge is 0.478 e. The van der Waals surface area contributed by atoms with E-state index in [4.69, 9.17) is 12.6 Å². The first kappa shape index (κ1) is 5.43. The minimum absolute atomic E-state index is 0.376. The molecule has 2 N–H and O–H groups in total. The normalized spacial score (nSPS) is 18.6. The fourth-order valence-corrected chi connectivity index (χ4v) is 0.775. The van der Waals surface area contributed by atoms with Crippen LogP contribution in [0.15, 0.2) is 12.1 Å². The maximum Gasteiger partial charge on any atom is 0.433 e. The molecule has 0 aliphatic heterocycles. The number of ether oxygens (including phenoxy) is 1. The average Bonchev–Trinajstić information content (AvgIpc) is 2.12. The number of aromatic nitrogens is 1. The summed E-state index contributed by atoms with van der Waals surface area (Å²) in [6, 6.07) is 1.33. The fraction of sp³-hybridized carbons (Fsp3) is 0.375. The van der Waals surface area contributed by atoms with Crippen LogP contribution in [0.1, 0.15) is 19.4 Å². The number of nitrogens with two attached hydrogens (primary N) is 1. The number of alkyl halides is 3. The monoisotopic (exact) mass is 211 g/mol. The van der Waals surface area contributed by atoms with Gasteiger partial charge in [0.15, 0.2) is 5.69 Å². The third kappa shape index (κ3) is 2.51. The summed E-state index contributed by atoms with van der Waals surface area (Å²) in [6.07, 6.45) is -4.81. The Hall–Kier alpha value is -1.46. The first-order valence-corrected chi connectivity index (χ1v) is 3.37. The van der Waals surface area contributed by atoms with Crippen molar-refractivity contribution >= 4 is 5.69 Å². The highest BCUT2D eigenvalue weighted by atomic mass is 19.4. The molecule has 78 valence electrons. The Morgan fingerprint density at radius 2 is 2.36 bits per heavy atom. The lowest BCUT2D eigenvalue weighted by atomic mass is 10.3. The highest BCUT2D eigenvalue weighted by Gasteiger charge is 2.33. The van der Waals surface area contributed by atoms with Crippen LogP contribution in [0.5, 0.6) is 5.88 Å². The smallest absolute Gasteiger partial charge is 0.433 e. The molecule has 0 aromatic carbocycles. The van der Waals surface area contributed by atoms with Gasteiger partial charge in [0.25, 0.3) is 0 Å². The van der Waals surface area contributed by atoms with Gasteiger partial charge in [0.05, 0.1) is 9.30 Å². The van der Waals surface area contributed by atoms with E-state index >= 15 is 0 Å². The number of anilines is 1. The zero-order valence-corrected chi connectivity index (χ0v) is 6.72. The summed E-state index contributed by atoms with van der Waals surface area (Å²) in [5, 5.41) is 0. The Bertz CT molecular complexity index is 474. The second kappa shape index (κ2) is 3.73. The van der Waals surface area contributed by atoms with Gasteiger partial charge in [-0.25, -0.2) is 4.98 Å². The molecule has 0 fully saturated rings. The van der Waals surface area contributed by atoms with Gasteiger partial charge in [0.2, 0.25) is 5.88 Å². The SMILES string of the molecule is [2H]C([2H])([2H])C([2H])([2H])Oc1cc(N)cc(C(F)(F)F)n1. The average molecular weight is 211 g/mol. The molecule has 0 unspecified atom stereocenters. The zero-order valence-electron chi connectivity index (χ0n) is 11.7. The summed E-state index contributed by atoms with van der Waals surface area (Å²) in [5.74, 6) is -0.853. The number of nitrogens with zero attached hydrogens (tertiary/aromatic N) is 1. The van der Waals surface area contributed by atoms with Crippen LogP contribution in [0.25, 0.3) is 0 Å². The van der Waals surface area contributed by atoms with E-state index in [0.717, 1.165) is 6.07 Å². The third-order valence-corrected chi connectivity index (χ3v) is 1.27. The van der Waals surface area contributed by atoms with E-state index in [1.807, 2.05) is 0 Å². The minimum atomic E-state index is -4.81. The summed E-state index contributed by atoms with van der Waals surface area (Å²) in [7, 11) is 0. The number of halogens is 3. The van der Waals surface area contributed by atoms with E-state index in [0.29, 0.717) is 6.07 Å². The van der Waals surface area contributed by atoms with Crippen molar-refractivity contribution < 1.29 is 24.8 Å². The molecule has 0 spiro atoms. The molecular weight excluding hydrogens is 197 g/mol. The summed E-state index contributed by atoms with van der Waals surface area (Å²) in [6.45, 7) is -6.37. The van der Waals surface area contributed by atoms with Gasteiger partial charge >= 0.3 is 6.18 Å². The molecule has 1 aromatic heterocycles. The molecule has 0 atom stereocenters. The lowest BCUT2D eigenvalue weighted by molar-refractivity contribution is -0.141. The van der Waals surface area contributed by atoms with E-state index in [1.165, 1.54) is 0 Å². The van der Waals surface area contributed by atoms with Gasteiger partial charge in [-0.3, -0.25) is 0 Å². The predicted octanol–water partition coefficient (Wildman–Crippen LogP) is 2.08. The first-order chi connectivity index (χ1) is 8.33. The quantitative estimate of drug-likeness (QED) is 0.814. The molecule has 1 rings (SSSR count). The second-order valence-electron chi connectivity index (χ2n) is 2.33. The molecule has 0 saturated carbocycles. The molecule has 0 amide bonds. The standard InChI is InChI=1S/C8H9F3N2O/c1-2-14-7-4-5(12)3-6(13-7)8(9,10)11/h3-4H,2H2,1H3,(H2,12,13)/i1D3,2D2. The van der Waals surface area contributed by atoms with Gasteiger partial charge in [-0.05, 0) is 12.9 Å². The van der Waals surface area contributed by atoms with E-state index in [-0.39, 0.29) is 5.69 Å². The minimum Gasteiger partial charge on any atom is -0.478 e. The number of pyridine rings is 1. The molecule has 1 heterocycles. The van der Waals surface area contributed by atoms with Crippen LogP contribution in [0.3, 0.4) is 0 Å². The summed E-state index contributed by atoms with van der Waals surface area (Å²) >= 11 is 0. The molecule has 0 aliphatic carbocycles. The van der Waals surface area contributed by atoms with Crippen molar-refractivity contribution in [3.63, 3.8) is 0 Å². The lowest BCUT2D eigenvalue weighted by Crippen LogP contribution is -2.10. The van der Waals surface area contributed by atoms with E-state index in [9.17, 15) is 13.2 Å². The van der Waals surface area contributed by atoms with Crippen LogP contribution in [0.2, 0.25) is 0 Å². The molecule has 0 aliphatic rings. The molecule has 3 nitrogen and oxygen atoms in total. The molecule has 0 saturated heterocycles. The number of nitrogen functional groups attached to an aromatic ring is 1. The summed E-state index contributed by atoms with van der Waals surface area (Å²) in [4.78, 5) is 2.99. The Labute approximate surface area is 85.7 Å². The van der Waals surface area contributed by atoms with Crippen LogP contribution in [0.4, 0.5) is 18.9 Å².